The first-order valence-electron chi connectivity index (χ1n) is 3.94. The van der Waals surface area contributed by atoms with E-state index in [4.69, 9.17) is 5.11 Å². The van der Waals surface area contributed by atoms with Crippen molar-refractivity contribution in [1.29, 1.82) is 0 Å². The molecule has 0 saturated heterocycles. The van der Waals surface area contributed by atoms with E-state index in [0.29, 0.717) is 6.42 Å². The Kier molecular flexibility index (Phi) is 2.83. The number of aliphatic hydroxyl groups is 2. The summed E-state index contributed by atoms with van der Waals surface area (Å²) in [6, 6.07) is 1.82. The lowest BCUT2D eigenvalue weighted by Gasteiger charge is -2.07. The third-order valence-electron chi connectivity index (χ3n) is 1.78. The fourth-order valence-electron chi connectivity index (χ4n) is 1.21. The van der Waals surface area contributed by atoms with Crippen LogP contribution in [0.25, 0.3) is 0 Å². The molecule has 2 N–H and O–H groups in total. The van der Waals surface area contributed by atoms with E-state index >= 15 is 0 Å². The molecule has 0 aliphatic carbocycles. The molecule has 1 rings (SSSR count). The fraction of sp³-hybridized carbons (Fsp3) is 0.625. The van der Waals surface area contributed by atoms with Gasteiger partial charge in [0.2, 0.25) is 0 Å². The number of rotatable bonds is 3. The largest absolute Gasteiger partial charge is 0.396 e. The zero-order valence-corrected chi connectivity index (χ0v) is 7.36. The van der Waals surface area contributed by atoms with Gasteiger partial charge in [-0.05, 0) is 13.0 Å². The van der Waals surface area contributed by atoms with Gasteiger partial charge in [0.1, 0.15) is 0 Å². The number of nitrogens with zero attached hydrogens (tertiary/aromatic N) is 2. The van der Waals surface area contributed by atoms with E-state index in [2.05, 4.69) is 5.10 Å². The Bertz CT molecular complexity index is 258. The maximum Gasteiger partial charge on any atom is 0.0978 e. The Morgan fingerprint density at radius 1 is 1.67 bits per heavy atom. The summed E-state index contributed by atoms with van der Waals surface area (Å²) in [5, 5.41) is 22.2. The second-order valence-corrected chi connectivity index (χ2v) is 2.86. The minimum absolute atomic E-state index is 0.00854. The SMILES string of the molecule is Cc1cc(C(O)CCO)n(C)n1. The molecule has 1 unspecified atom stereocenters. The second kappa shape index (κ2) is 3.69. The average molecular weight is 170 g/mol. The molecule has 4 nitrogen and oxygen atoms in total. The minimum Gasteiger partial charge on any atom is -0.396 e. The third kappa shape index (κ3) is 1.84. The van der Waals surface area contributed by atoms with Gasteiger partial charge in [-0.15, -0.1) is 0 Å². The Labute approximate surface area is 71.5 Å². The Balaban J connectivity index is 2.79. The van der Waals surface area contributed by atoms with Crippen LogP contribution in [-0.4, -0.2) is 26.6 Å². The van der Waals surface area contributed by atoms with E-state index in [0.717, 1.165) is 11.4 Å². The first-order chi connectivity index (χ1) is 5.65. The van der Waals surface area contributed by atoms with E-state index < -0.39 is 6.10 Å². The van der Waals surface area contributed by atoms with Crippen LogP contribution in [0.1, 0.15) is 23.9 Å². The van der Waals surface area contributed by atoms with E-state index in [1.807, 2.05) is 13.0 Å². The van der Waals surface area contributed by atoms with Gasteiger partial charge in [0, 0.05) is 20.1 Å². The molecule has 1 atom stereocenters. The molecule has 0 fully saturated rings. The number of aromatic nitrogens is 2. The minimum atomic E-state index is -0.610. The normalized spacial score (nSPS) is 13.3. The van der Waals surface area contributed by atoms with Crippen LogP contribution in [0.15, 0.2) is 6.07 Å². The molecule has 0 spiro atoms. The highest BCUT2D eigenvalue weighted by Crippen LogP contribution is 2.15. The van der Waals surface area contributed by atoms with Crippen LogP contribution in [0, 0.1) is 6.92 Å². The van der Waals surface area contributed by atoms with Crippen molar-refractivity contribution in [2.75, 3.05) is 6.61 Å². The molecule has 68 valence electrons. The van der Waals surface area contributed by atoms with Gasteiger partial charge in [-0.3, -0.25) is 4.68 Å². The number of aliphatic hydroxyl groups excluding tert-OH is 2. The van der Waals surface area contributed by atoms with Crippen LogP contribution in [0.2, 0.25) is 0 Å². The molecule has 12 heavy (non-hydrogen) atoms. The topological polar surface area (TPSA) is 58.3 Å². The van der Waals surface area contributed by atoms with Gasteiger partial charge in [-0.25, -0.2) is 0 Å². The molecule has 0 aromatic carbocycles. The summed E-state index contributed by atoms with van der Waals surface area (Å²) < 4.78 is 1.63. The summed E-state index contributed by atoms with van der Waals surface area (Å²) in [5.41, 5.74) is 1.63. The molecule has 1 aromatic rings. The highest BCUT2D eigenvalue weighted by atomic mass is 16.3. The van der Waals surface area contributed by atoms with E-state index in [1.54, 1.807) is 11.7 Å². The zero-order chi connectivity index (χ0) is 9.14. The van der Waals surface area contributed by atoms with Crippen molar-refractivity contribution < 1.29 is 10.2 Å². The van der Waals surface area contributed by atoms with Gasteiger partial charge in [-0.2, -0.15) is 5.10 Å². The van der Waals surface area contributed by atoms with Gasteiger partial charge in [0.05, 0.1) is 17.5 Å². The molecule has 0 amide bonds. The van der Waals surface area contributed by atoms with Gasteiger partial charge in [0.15, 0.2) is 0 Å². The quantitative estimate of drug-likeness (QED) is 0.678. The van der Waals surface area contributed by atoms with Gasteiger partial charge < -0.3 is 10.2 Å². The van der Waals surface area contributed by atoms with Crippen LogP contribution in [0.4, 0.5) is 0 Å². The predicted molar refractivity (Wildman–Crippen MR) is 44.6 cm³/mol. The average Bonchev–Trinajstić information content (AvgIpc) is 2.30. The summed E-state index contributed by atoms with van der Waals surface area (Å²) in [5.74, 6) is 0. The first kappa shape index (κ1) is 9.22. The molecule has 0 bridgehead atoms. The monoisotopic (exact) mass is 170 g/mol. The molecule has 0 aliphatic rings. The van der Waals surface area contributed by atoms with Crippen LogP contribution in [0.5, 0.6) is 0 Å². The molecule has 0 radical (unpaired) electrons. The first-order valence-corrected chi connectivity index (χ1v) is 3.94. The van der Waals surface area contributed by atoms with Crippen LogP contribution in [-0.2, 0) is 7.05 Å². The highest BCUT2D eigenvalue weighted by Gasteiger charge is 2.11. The van der Waals surface area contributed by atoms with Gasteiger partial charge in [0.25, 0.3) is 0 Å². The molecular weight excluding hydrogens is 156 g/mol. The van der Waals surface area contributed by atoms with Gasteiger partial charge in [-0.1, -0.05) is 0 Å². The molecule has 0 aliphatic heterocycles. The van der Waals surface area contributed by atoms with Crippen molar-refractivity contribution in [2.45, 2.75) is 19.4 Å². The van der Waals surface area contributed by atoms with Crippen molar-refractivity contribution in [1.82, 2.24) is 9.78 Å². The third-order valence-corrected chi connectivity index (χ3v) is 1.78. The Morgan fingerprint density at radius 3 is 2.75 bits per heavy atom. The van der Waals surface area contributed by atoms with Crippen LogP contribution in [0.3, 0.4) is 0 Å². The van der Waals surface area contributed by atoms with Crippen molar-refractivity contribution in [3.05, 3.63) is 17.5 Å². The smallest absolute Gasteiger partial charge is 0.0978 e. The van der Waals surface area contributed by atoms with E-state index in [9.17, 15) is 5.11 Å². The Hall–Kier alpha value is -0.870. The highest BCUT2D eigenvalue weighted by molar-refractivity contribution is 5.11. The summed E-state index contributed by atoms with van der Waals surface area (Å²) in [4.78, 5) is 0. The number of aryl methyl sites for hydroxylation is 2. The summed E-state index contributed by atoms with van der Waals surface area (Å²) >= 11 is 0. The Morgan fingerprint density at radius 2 is 2.33 bits per heavy atom. The van der Waals surface area contributed by atoms with Gasteiger partial charge >= 0.3 is 0 Å². The second-order valence-electron chi connectivity index (χ2n) is 2.86. The summed E-state index contributed by atoms with van der Waals surface area (Å²) in [6.45, 7) is 1.86. The number of hydrogen-bond acceptors (Lipinski definition) is 3. The number of hydrogen-bond donors (Lipinski definition) is 2. The molecule has 1 heterocycles. The van der Waals surface area contributed by atoms with Crippen molar-refractivity contribution in [2.24, 2.45) is 7.05 Å². The standard InChI is InChI=1S/C8H14N2O2/c1-6-5-7(10(2)9-6)8(12)3-4-11/h5,8,11-12H,3-4H2,1-2H3. The van der Waals surface area contributed by atoms with Crippen LogP contribution < -0.4 is 0 Å². The van der Waals surface area contributed by atoms with Crippen molar-refractivity contribution in [3.63, 3.8) is 0 Å². The molecule has 1 aromatic heterocycles. The van der Waals surface area contributed by atoms with Crippen LogP contribution >= 0.6 is 0 Å². The summed E-state index contributed by atoms with van der Waals surface area (Å²) in [6.07, 6.45) is -0.250. The molecule has 4 heteroatoms. The molecule has 0 saturated carbocycles. The van der Waals surface area contributed by atoms with E-state index in [1.165, 1.54) is 0 Å². The van der Waals surface area contributed by atoms with E-state index in [-0.39, 0.29) is 6.61 Å². The lowest BCUT2D eigenvalue weighted by molar-refractivity contribution is 0.127. The molecular formula is C8H14N2O2. The lowest BCUT2D eigenvalue weighted by Crippen LogP contribution is -2.06. The maximum absolute atomic E-state index is 9.49. The lowest BCUT2D eigenvalue weighted by atomic mass is 10.2. The van der Waals surface area contributed by atoms with Crippen molar-refractivity contribution >= 4 is 0 Å². The summed E-state index contributed by atoms with van der Waals surface area (Å²) in [7, 11) is 1.78. The zero-order valence-electron chi connectivity index (χ0n) is 7.36. The maximum atomic E-state index is 9.49. The predicted octanol–water partition coefficient (Wildman–Crippen LogP) is 0.144. The fourth-order valence-corrected chi connectivity index (χ4v) is 1.21. The van der Waals surface area contributed by atoms with Crippen molar-refractivity contribution in [3.8, 4) is 0 Å².